The molecule has 0 saturated carbocycles. The number of phenolic OH excluding ortho intramolecular Hbond substituents is 1. The van der Waals surface area contributed by atoms with E-state index in [1.807, 2.05) is 37.3 Å². The van der Waals surface area contributed by atoms with Crippen molar-refractivity contribution >= 4 is 5.91 Å². The number of nitrogens with zero attached hydrogens (tertiary/aromatic N) is 1. The lowest BCUT2D eigenvalue weighted by molar-refractivity contribution is 0.0749. The molecule has 0 atom stereocenters. The molecule has 2 rings (SSSR count). The SMILES string of the molecule is CCN(Cc1ccccc1)C(=O)c1cccc(C)c1O. The van der Waals surface area contributed by atoms with Crippen LogP contribution in [0.2, 0.25) is 0 Å². The summed E-state index contributed by atoms with van der Waals surface area (Å²) < 4.78 is 0. The fraction of sp³-hybridized carbons (Fsp3) is 0.235. The van der Waals surface area contributed by atoms with Crippen LogP contribution in [-0.2, 0) is 6.54 Å². The van der Waals surface area contributed by atoms with Crippen molar-refractivity contribution in [1.29, 1.82) is 0 Å². The van der Waals surface area contributed by atoms with Crippen LogP contribution in [0.4, 0.5) is 0 Å². The van der Waals surface area contributed by atoms with Crippen LogP contribution in [0.1, 0.15) is 28.4 Å². The summed E-state index contributed by atoms with van der Waals surface area (Å²) in [6.45, 7) is 4.87. The van der Waals surface area contributed by atoms with Gasteiger partial charge in [0.1, 0.15) is 5.75 Å². The largest absolute Gasteiger partial charge is 0.507 e. The Labute approximate surface area is 119 Å². The third kappa shape index (κ3) is 2.99. The first-order valence-electron chi connectivity index (χ1n) is 6.75. The number of carbonyl (C=O) groups excluding carboxylic acids is 1. The summed E-state index contributed by atoms with van der Waals surface area (Å²) in [4.78, 5) is 14.2. The van der Waals surface area contributed by atoms with Crippen LogP contribution < -0.4 is 0 Å². The van der Waals surface area contributed by atoms with Crippen molar-refractivity contribution in [3.05, 3.63) is 65.2 Å². The molecule has 0 fully saturated rings. The second-order valence-electron chi connectivity index (χ2n) is 4.78. The van der Waals surface area contributed by atoms with E-state index in [0.717, 1.165) is 5.56 Å². The highest BCUT2D eigenvalue weighted by Crippen LogP contribution is 2.23. The van der Waals surface area contributed by atoms with Crippen molar-refractivity contribution in [3.8, 4) is 5.75 Å². The summed E-state index contributed by atoms with van der Waals surface area (Å²) in [5.41, 5.74) is 2.16. The first-order chi connectivity index (χ1) is 9.63. The van der Waals surface area contributed by atoms with Crippen molar-refractivity contribution in [2.45, 2.75) is 20.4 Å². The van der Waals surface area contributed by atoms with Gasteiger partial charge in [0, 0.05) is 13.1 Å². The van der Waals surface area contributed by atoms with Crippen LogP contribution in [0, 0.1) is 6.92 Å². The van der Waals surface area contributed by atoms with E-state index in [-0.39, 0.29) is 11.7 Å². The minimum atomic E-state index is -0.141. The molecule has 0 heterocycles. The molecular weight excluding hydrogens is 250 g/mol. The molecule has 0 unspecified atom stereocenters. The molecule has 0 saturated heterocycles. The summed E-state index contributed by atoms with van der Waals surface area (Å²) in [5.74, 6) is -0.0680. The highest BCUT2D eigenvalue weighted by Gasteiger charge is 2.18. The second-order valence-corrected chi connectivity index (χ2v) is 4.78. The van der Waals surface area contributed by atoms with Crippen molar-refractivity contribution in [2.24, 2.45) is 0 Å². The van der Waals surface area contributed by atoms with Crippen LogP contribution >= 0.6 is 0 Å². The van der Waals surface area contributed by atoms with Gasteiger partial charge < -0.3 is 10.0 Å². The maximum atomic E-state index is 12.5. The summed E-state index contributed by atoms with van der Waals surface area (Å²) in [6.07, 6.45) is 0. The van der Waals surface area contributed by atoms with Crippen LogP contribution in [0.5, 0.6) is 5.75 Å². The summed E-state index contributed by atoms with van der Waals surface area (Å²) in [7, 11) is 0. The molecule has 1 amide bonds. The molecule has 3 heteroatoms. The zero-order valence-corrected chi connectivity index (χ0v) is 11.8. The molecule has 104 valence electrons. The van der Waals surface area contributed by atoms with Gasteiger partial charge >= 0.3 is 0 Å². The highest BCUT2D eigenvalue weighted by atomic mass is 16.3. The summed E-state index contributed by atoms with van der Waals surface area (Å²) in [5, 5.41) is 10.0. The van der Waals surface area contributed by atoms with E-state index in [4.69, 9.17) is 0 Å². The zero-order valence-electron chi connectivity index (χ0n) is 11.8. The van der Waals surface area contributed by atoms with Crippen molar-refractivity contribution < 1.29 is 9.90 Å². The Kier molecular flexibility index (Phi) is 4.41. The molecule has 0 bridgehead atoms. The Morgan fingerprint density at radius 3 is 2.45 bits per heavy atom. The normalized spacial score (nSPS) is 10.3. The lowest BCUT2D eigenvalue weighted by Gasteiger charge is -2.22. The molecule has 0 spiro atoms. The van der Waals surface area contributed by atoms with E-state index in [0.29, 0.717) is 24.2 Å². The molecule has 2 aromatic carbocycles. The van der Waals surface area contributed by atoms with Gasteiger partial charge in [0.25, 0.3) is 5.91 Å². The molecule has 0 aliphatic rings. The van der Waals surface area contributed by atoms with Gasteiger partial charge in [-0.1, -0.05) is 42.5 Å². The monoisotopic (exact) mass is 269 g/mol. The number of aryl methyl sites for hydroxylation is 1. The molecule has 0 aliphatic carbocycles. The number of phenols is 1. The van der Waals surface area contributed by atoms with Gasteiger partial charge in [0.15, 0.2) is 0 Å². The van der Waals surface area contributed by atoms with E-state index in [1.54, 1.807) is 30.0 Å². The Hall–Kier alpha value is -2.29. The Balaban J connectivity index is 2.23. The van der Waals surface area contributed by atoms with Gasteiger partial charge in [0.2, 0.25) is 0 Å². The molecule has 0 aliphatic heterocycles. The molecule has 2 aromatic rings. The lowest BCUT2D eigenvalue weighted by atomic mass is 10.1. The average molecular weight is 269 g/mol. The fourth-order valence-electron chi connectivity index (χ4n) is 2.13. The second kappa shape index (κ2) is 6.24. The van der Waals surface area contributed by atoms with E-state index in [1.165, 1.54) is 0 Å². The predicted octanol–water partition coefficient (Wildman–Crippen LogP) is 3.36. The number of para-hydroxylation sites is 1. The lowest BCUT2D eigenvalue weighted by Crippen LogP contribution is -2.30. The first-order valence-corrected chi connectivity index (χ1v) is 6.75. The standard InChI is InChI=1S/C17H19NO2/c1-3-18(12-14-9-5-4-6-10-14)17(20)15-11-7-8-13(2)16(15)19/h4-11,19H,3,12H2,1-2H3. The topological polar surface area (TPSA) is 40.5 Å². The van der Waals surface area contributed by atoms with Crippen LogP contribution in [0.15, 0.2) is 48.5 Å². The van der Waals surface area contributed by atoms with Crippen molar-refractivity contribution in [1.82, 2.24) is 4.90 Å². The van der Waals surface area contributed by atoms with Gasteiger partial charge in [-0.2, -0.15) is 0 Å². The Morgan fingerprint density at radius 1 is 1.10 bits per heavy atom. The number of amides is 1. The number of hydrogen-bond donors (Lipinski definition) is 1. The maximum absolute atomic E-state index is 12.5. The number of benzene rings is 2. The van der Waals surface area contributed by atoms with Gasteiger partial charge in [-0.25, -0.2) is 0 Å². The van der Waals surface area contributed by atoms with Crippen LogP contribution in [-0.4, -0.2) is 22.5 Å². The predicted molar refractivity (Wildman–Crippen MR) is 79.7 cm³/mol. The van der Waals surface area contributed by atoms with E-state index < -0.39 is 0 Å². The van der Waals surface area contributed by atoms with Crippen molar-refractivity contribution in [3.63, 3.8) is 0 Å². The van der Waals surface area contributed by atoms with Crippen molar-refractivity contribution in [2.75, 3.05) is 6.54 Å². The third-order valence-corrected chi connectivity index (χ3v) is 3.35. The Morgan fingerprint density at radius 2 is 1.80 bits per heavy atom. The van der Waals surface area contributed by atoms with Gasteiger partial charge in [-0.05, 0) is 31.0 Å². The molecule has 1 N–H and O–H groups in total. The van der Waals surface area contributed by atoms with Gasteiger partial charge in [-0.3, -0.25) is 4.79 Å². The van der Waals surface area contributed by atoms with Gasteiger partial charge in [-0.15, -0.1) is 0 Å². The smallest absolute Gasteiger partial charge is 0.257 e. The molecule has 0 radical (unpaired) electrons. The molecule has 0 aromatic heterocycles. The van der Waals surface area contributed by atoms with Crippen LogP contribution in [0.25, 0.3) is 0 Å². The number of aromatic hydroxyl groups is 1. The molecule has 20 heavy (non-hydrogen) atoms. The molecular formula is C17H19NO2. The first kappa shape index (κ1) is 14.1. The third-order valence-electron chi connectivity index (χ3n) is 3.35. The Bertz CT molecular complexity index is 593. The van der Waals surface area contributed by atoms with E-state index >= 15 is 0 Å². The number of rotatable bonds is 4. The minimum absolute atomic E-state index is 0.0732. The van der Waals surface area contributed by atoms with Gasteiger partial charge in [0.05, 0.1) is 5.56 Å². The quantitative estimate of drug-likeness (QED) is 0.924. The highest BCUT2D eigenvalue weighted by molar-refractivity contribution is 5.97. The van der Waals surface area contributed by atoms with E-state index in [2.05, 4.69) is 0 Å². The average Bonchev–Trinajstić information content (AvgIpc) is 2.48. The number of carbonyl (C=O) groups is 1. The van der Waals surface area contributed by atoms with E-state index in [9.17, 15) is 9.90 Å². The number of hydrogen-bond acceptors (Lipinski definition) is 2. The minimum Gasteiger partial charge on any atom is -0.507 e. The van der Waals surface area contributed by atoms with Crippen LogP contribution in [0.3, 0.4) is 0 Å². The molecule has 3 nitrogen and oxygen atoms in total. The maximum Gasteiger partial charge on any atom is 0.257 e. The fourth-order valence-corrected chi connectivity index (χ4v) is 2.13. The zero-order chi connectivity index (χ0) is 14.5. The summed E-state index contributed by atoms with van der Waals surface area (Å²) in [6, 6.07) is 15.1. The summed E-state index contributed by atoms with van der Waals surface area (Å²) >= 11 is 0.